The van der Waals surface area contributed by atoms with Crippen LogP contribution in [0.4, 0.5) is 5.82 Å². The van der Waals surface area contributed by atoms with Gasteiger partial charge in [0.15, 0.2) is 17.7 Å². The second-order valence-electron chi connectivity index (χ2n) is 7.43. The predicted octanol–water partition coefficient (Wildman–Crippen LogP) is 0.729. The molecular formula is C15H21N5O3. The average Bonchev–Trinajstić information content (AvgIpc) is 3.16. The quantitative estimate of drug-likeness (QED) is 0.840. The lowest BCUT2D eigenvalue weighted by Crippen LogP contribution is -2.45. The number of aliphatic hydroxyl groups is 1. The predicted molar refractivity (Wildman–Crippen MR) is 82.4 cm³/mol. The van der Waals surface area contributed by atoms with Gasteiger partial charge in [-0.25, -0.2) is 15.0 Å². The van der Waals surface area contributed by atoms with E-state index < -0.39 is 5.60 Å². The van der Waals surface area contributed by atoms with Crippen molar-refractivity contribution in [3.05, 3.63) is 12.7 Å². The van der Waals surface area contributed by atoms with E-state index in [1.807, 2.05) is 4.57 Å². The summed E-state index contributed by atoms with van der Waals surface area (Å²) in [6, 6.07) is 0. The minimum atomic E-state index is -0.692. The van der Waals surface area contributed by atoms with Gasteiger partial charge in [-0.3, -0.25) is 4.57 Å². The molecule has 0 amide bonds. The number of ether oxygens (including phenoxy) is 2. The van der Waals surface area contributed by atoms with E-state index in [-0.39, 0.29) is 30.3 Å². The van der Waals surface area contributed by atoms with Crippen LogP contribution in [-0.4, -0.2) is 49.5 Å². The largest absolute Gasteiger partial charge is 0.393 e. The number of nitrogens with zero attached hydrogens (tertiary/aromatic N) is 4. The minimum Gasteiger partial charge on any atom is -0.393 e. The first-order valence-corrected chi connectivity index (χ1v) is 7.71. The standard InChI is InChI=1S/C15H21N5O3/c1-14(2,3)10-9-13(23-15(10,4-21)5-22-9)20-7-19-8-11(16)17-6-18-12(8)20/h6-7,9-10,13,21H,4-5H2,1-3H3,(H2,16,17,18)/t9?,10-,13+,15-/m0/s1. The summed E-state index contributed by atoms with van der Waals surface area (Å²) < 4.78 is 14.1. The third kappa shape index (κ3) is 1.92. The van der Waals surface area contributed by atoms with E-state index >= 15 is 0 Å². The van der Waals surface area contributed by atoms with Gasteiger partial charge in [-0.15, -0.1) is 0 Å². The molecule has 0 radical (unpaired) electrons. The first-order chi connectivity index (χ1) is 10.9. The highest BCUT2D eigenvalue weighted by Crippen LogP contribution is 2.55. The van der Waals surface area contributed by atoms with Gasteiger partial charge in [-0.2, -0.15) is 0 Å². The molecule has 0 saturated carbocycles. The molecule has 8 nitrogen and oxygen atoms in total. The molecule has 2 aliphatic heterocycles. The van der Waals surface area contributed by atoms with Crippen molar-refractivity contribution in [2.75, 3.05) is 18.9 Å². The molecule has 2 aliphatic rings. The highest BCUT2D eigenvalue weighted by atomic mass is 16.6. The molecular weight excluding hydrogens is 298 g/mol. The van der Waals surface area contributed by atoms with Gasteiger partial charge < -0.3 is 20.3 Å². The summed E-state index contributed by atoms with van der Waals surface area (Å²) in [5.74, 6) is 0.406. The van der Waals surface area contributed by atoms with Crippen LogP contribution in [0.5, 0.6) is 0 Å². The van der Waals surface area contributed by atoms with Crippen LogP contribution in [-0.2, 0) is 9.47 Å². The second-order valence-corrected chi connectivity index (χ2v) is 7.43. The normalized spacial score (nSPS) is 33.7. The average molecular weight is 319 g/mol. The van der Waals surface area contributed by atoms with Crippen LogP contribution in [0.1, 0.15) is 27.0 Å². The van der Waals surface area contributed by atoms with Gasteiger partial charge in [0, 0.05) is 5.92 Å². The summed E-state index contributed by atoms with van der Waals surface area (Å²) in [7, 11) is 0. The van der Waals surface area contributed by atoms with Gasteiger partial charge in [0.2, 0.25) is 0 Å². The number of hydrogen-bond acceptors (Lipinski definition) is 7. The van der Waals surface area contributed by atoms with E-state index in [2.05, 4.69) is 35.7 Å². The summed E-state index contributed by atoms with van der Waals surface area (Å²) in [6.07, 6.45) is 2.50. The van der Waals surface area contributed by atoms with E-state index in [9.17, 15) is 5.11 Å². The fraction of sp³-hybridized carbons (Fsp3) is 0.667. The van der Waals surface area contributed by atoms with Gasteiger partial charge in [0.1, 0.15) is 23.5 Å². The van der Waals surface area contributed by atoms with Gasteiger partial charge in [0.25, 0.3) is 0 Å². The molecule has 4 atom stereocenters. The number of fused-ring (bicyclic) bond motifs is 3. The fourth-order valence-electron chi connectivity index (χ4n) is 4.12. The molecule has 4 rings (SSSR count). The summed E-state index contributed by atoms with van der Waals surface area (Å²) in [6.45, 7) is 6.74. The van der Waals surface area contributed by atoms with Crippen molar-refractivity contribution in [3.8, 4) is 0 Å². The maximum absolute atomic E-state index is 9.97. The first-order valence-electron chi connectivity index (χ1n) is 7.71. The molecule has 0 aliphatic carbocycles. The molecule has 3 N–H and O–H groups in total. The molecule has 1 unspecified atom stereocenters. The summed E-state index contributed by atoms with van der Waals surface area (Å²) in [4.78, 5) is 12.5. The van der Waals surface area contributed by atoms with Crippen LogP contribution < -0.4 is 5.73 Å². The van der Waals surface area contributed by atoms with E-state index in [1.54, 1.807) is 6.33 Å². The SMILES string of the molecule is CC(C)(C)[C@@H]1C2OC[C@]1(CO)O[C@H]2n1cnc2c(N)ncnc21. The molecule has 124 valence electrons. The first kappa shape index (κ1) is 14.8. The zero-order chi connectivity index (χ0) is 16.4. The Balaban J connectivity index is 1.81. The molecule has 23 heavy (non-hydrogen) atoms. The number of imidazole rings is 1. The highest BCUT2D eigenvalue weighted by Gasteiger charge is 2.65. The molecule has 2 saturated heterocycles. The van der Waals surface area contributed by atoms with Crippen LogP contribution in [0.2, 0.25) is 0 Å². The van der Waals surface area contributed by atoms with Crippen molar-refractivity contribution < 1.29 is 14.6 Å². The van der Waals surface area contributed by atoms with E-state index in [1.165, 1.54) is 6.33 Å². The van der Waals surface area contributed by atoms with Gasteiger partial charge in [-0.1, -0.05) is 20.8 Å². The number of aromatic nitrogens is 4. The topological polar surface area (TPSA) is 108 Å². The highest BCUT2D eigenvalue weighted by molar-refractivity contribution is 5.81. The second kappa shape index (κ2) is 4.62. The van der Waals surface area contributed by atoms with Crippen molar-refractivity contribution in [2.45, 2.75) is 38.7 Å². The van der Waals surface area contributed by atoms with Crippen LogP contribution in [0, 0.1) is 11.3 Å². The van der Waals surface area contributed by atoms with Crippen LogP contribution in [0.25, 0.3) is 11.2 Å². The van der Waals surface area contributed by atoms with Gasteiger partial charge >= 0.3 is 0 Å². The maximum atomic E-state index is 9.97. The van der Waals surface area contributed by atoms with Gasteiger partial charge in [0.05, 0.1) is 19.5 Å². The van der Waals surface area contributed by atoms with E-state index in [0.717, 1.165) is 0 Å². The van der Waals surface area contributed by atoms with Gasteiger partial charge in [-0.05, 0) is 5.41 Å². The summed E-state index contributed by atoms with van der Waals surface area (Å²) in [5, 5.41) is 9.97. The van der Waals surface area contributed by atoms with Crippen molar-refractivity contribution >= 4 is 17.0 Å². The number of nitrogen functional groups attached to an aromatic ring is 1. The molecule has 2 aromatic rings. The number of rotatable bonds is 2. The summed E-state index contributed by atoms with van der Waals surface area (Å²) in [5.41, 5.74) is 6.25. The van der Waals surface area contributed by atoms with Crippen LogP contribution in [0.15, 0.2) is 12.7 Å². The van der Waals surface area contributed by atoms with Crippen LogP contribution >= 0.6 is 0 Å². The van der Waals surface area contributed by atoms with E-state index in [0.29, 0.717) is 23.6 Å². The molecule has 2 fully saturated rings. The van der Waals surface area contributed by atoms with Crippen molar-refractivity contribution in [1.29, 1.82) is 0 Å². The zero-order valence-corrected chi connectivity index (χ0v) is 13.4. The third-order valence-electron chi connectivity index (χ3n) is 4.91. The van der Waals surface area contributed by atoms with Crippen molar-refractivity contribution in [3.63, 3.8) is 0 Å². The molecule has 2 aromatic heterocycles. The number of anilines is 1. The smallest absolute Gasteiger partial charge is 0.167 e. The number of hydrogen-bond donors (Lipinski definition) is 2. The maximum Gasteiger partial charge on any atom is 0.167 e. The van der Waals surface area contributed by atoms with Crippen LogP contribution in [0.3, 0.4) is 0 Å². The third-order valence-corrected chi connectivity index (χ3v) is 4.91. The number of nitrogens with two attached hydrogens (primary N) is 1. The molecule has 8 heteroatoms. The molecule has 4 heterocycles. The van der Waals surface area contributed by atoms with E-state index in [4.69, 9.17) is 15.2 Å². The van der Waals surface area contributed by atoms with Crippen molar-refractivity contribution in [1.82, 2.24) is 19.5 Å². The Bertz CT molecular complexity index is 755. The number of aliphatic hydroxyl groups excluding tert-OH is 1. The summed E-state index contributed by atoms with van der Waals surface area (Å²) >= 11 is 0. The lowest BCUT2D eigenvalue weighted by atomic mass is 9.71. The Hall–Kier alpha value is -1.77. The zero-order valence-electron chi connectivity index (χ0n) is 13.4. The molecule has 0 aromatic carbocycles. The molecule has 2 bridgehead atoms. The monoisotopic (exact) mass is 319 g/mol. The Morgan fingerprint density at radius 3 is 2.83 bits per heavy atom. The Morgan fingerprint density at radius 2 is 2.17 bits per heavy atom. The van der Waals surface area contributed by atoms with Crippen molar-refractivity contribution in [2.24, 2.45) is 11.3 Å². The fourth-order valence-corrected chi connectivity index (χ4v) is 4.12. The molecule has 0 spiro atoms. The Kier molecular flexibility index (Phi) is 2.97. The lowest BCUT2D eigenvalue weighted by Gasteiger charge is -2.35. The lowest BCUT2D eigenvalue weighted by molar-refractivity contribution is -0.185. The minimum absolute atomic E-state index is 0.0664. The Morgan fingerprint density at radius 1 is 1.39 bits per heavy atom. The Labute approximate surface area is 133 Å².